The lowest BCUT2D eigenvalue weighted by atomic mass is 9.95. The van der Waals surface area contributed by atoms with Gasteiger partial charge in [0.2, 0.25) is 0 Å². The van der Waals surface area contributed by atoms with Gasteiger partial charge >= 0.3 is 12.2 Å². The van der Waals surface area contributed by atoms with Crippen molar-refractivity contribution < 1.29 is 22.3 Å². The molecule has 0 spiro atoms. The van der Waals surface area contributed by atoms with Gasteiger partial charge < -0.3 is 19.9 Å². The van der Waals surface area contributed by atoms with Crippen LogP contribution in [-0.2, 0) is 6.18 Å². The number of rotatable bonds is 5. The zero-order chi connectivity index (χ0) is 28.6. The molecule has 11 heteroatoms. The van der Waals surface area contributed by atoms with Crippen molar-refractivity contribution >= 4 is 27.6 Å². The van der Waals surface area contributed by atoms with Crippen LogP contribution in [0, 0.1) is 5.82 Å². The number of aromatic nitrogens is 3. The monoisotopic (exact) mass is 580 g/mol. The van der Waals surface area contributed by atoms with E-state index >= 15 is 4.39 Å². The number of halogens is 4. The Labute approximate surface area is 240 Å². The van der Waals surface area contributed by atoms with Gasteiger partial charge in [0.05, 0.1) is 11.1 Å². The van der Waals surface area contributed by atoms with Gasteiger partial charge in [0.1, 0.15) is 17.9 Å². The van der Waals surface area contributed by atoms with E-state index < -0.39 is 17.6 Å². The lowest BCUT2D eigenvalue weighted by Crippen LogP contribution is -2.51. The van der Waals surface area contributed by atoms with E-state index in [2.05, 4.69) is 25.1 Å². The van der Waals surface area contributed by atoms with Gasteiger partial charge in [0, 0.05) is 58.8 Å². The maximum absolute atomic E-state index is 16.5. The number of anilines is 1. The number of H-pyrrole nitrogens is 1. The fraction of sp³-hybridized carbons (Fsp3) is 0.484. The van der Waals surface area contributed by atoms with E-state index in [1.807, 2.05) is 0 Å². The highest BCUT2D eigenvalue weighted by Gasteiger charge is 2.45. The Morgan fingerprint density at radius 2 is 1.71 bits per heavy atom. The van der Waals surface area contributed by atoms with Crippen LogP contribution in [0.15, 0.2) is 36.5 Å². The minimum absolute atomic E-state index is 0.0206. The highest BCUT2D eigenvalue weighted by Crippen LogP contribution is 2.41. The molecule has 0 aliphatic carbocycles. The van der Waals surface area contributed by atoms with Crippen molar-refractivity contribution in [2.45, 2.75) is 62.3 Å². The van der Waals surface area contributed by atoms with Crippen LogP contribution in [0.2, 0.25) is 0 Å². The highest BCUT2D eigenvalue weighted by atomic mass is 19.4. The summed E-state index contributed by atoms with van der Waals surface area (Å²) in [5.41, 5.74) is 0.348. The van der Waals surface area contributed by atoms with Gasteiger partial charge in [-0.15, -0.1) is 0 Å². The number of aromatic amines is 1. The van der Waals surface area contributed by atoms with Crippen LogP contribution in [0.4, 0.5) is 23.4 Å². The first kappa shape index (κ1) is 26.2. The van der Waals surface area contributed by atoms with Crippen molar-refractivity contribution in [2.75, 3.05) is 37.7 Å². The van der Waals surface area contributed by atoms with Gasteiger partial charge in [-0.3, -0.25) is 4.90 Å². The van der Waals surface area contributed by atoms with E-state index in [0.717, 1.165) is 76.8 Å². The molecule has 0 saturated carbocycles. The fourth-order valence-electron chi connectivity index (χ4n) is 7.79. The summed E-state index contributed by atoms with van der Waals surface area (Å²) in [4.78, 5) is 17.2. The Morgan fingerprint density at radius 3 is 2.45 bits per heavy atom. The van der Waals surface area contributed by atoms with Crippen molar-refractivity contribution in [3.63, 3.8) is 0 Å². The zero-order valence-electron chi connectivity index (χ0n) is 23.1. The number of benzene rings is 2. The summed E-state index contributed by atoms with van der Waals surface area (Å²) < 4.78 is 63.4. The van der Waals surface area contributed by atoms with Gasteiger partial charge in [-0.2, -0.15) is 23.1 Å². The molecular weight excluding hydrogens is 548 g/mol. The second-order valence-corrected chi connectivity index (χ2v) is 12.4. The lowest BCUT2D eigenvalue weighted by Gasteiger charge is -2.34. The maximum atomic E-state index is 16.5. The van der Waals surface area contributed by atoms with Crippen LogP contribution in [0.3, 0.4) is 0 Å². The quantitative estimate of drug-likeness (QED) is 0.287. The van der Waals surface area contributed by atoms with Gasteiger partial charge in [-0.25, -0.2) is 4.39 Å². The Balaban J connectivity index is 1.23. The first-order valence-electron chi connectivity index (χ1n) is 14.9. The van der Waals surface area contributed by atoms with Crippen molar-refractivity contribution in [3.05, 3.63) is 47.9 Å². The molecule has 4 aliphatic rings. The van der Waals surface area contributed by atoms with Gasteiger partial charge in [0.25, 0.3) is 0 Å². The average Bonchev–Trinajstić information content (AvgIpc) is 3.74. The summed E-state index contributed by atoms with van der Waals surface area (Å²) in [5.74, 6) is 0.0447. The third-order valence-electron chi connectivity index (χ3n) is 9.86. The minimum Gasteiger partial charge on any atom is -0.461 e. The molecule has 8 rings (SSSR count). The van der Waals surface area contributed by atoms with E-state index in [0.29, 0.717) is 46.4 Å². The highest BCUT2D eigenvalue weighted by molar-refractivity contribution is 6.00. The van der Waals surface area contributed by atoms with Crippen molar-refractivity contribution in [1.29, 1.82) is 0 Å². The van der Waals surface area contributed by atoms with Crippen LogP contribution >= 0.6 is 0 Å². The molecule has 2 N–H and O–H groups in total. The Hall–Kier alpha value is -3.44. The number of nitrogens with one attached hydrogen (secondary N) is 2. The fourth-order valence-corrected chi connectivity index (χ4v) is 7.79. The Morgan fingerprint density at radius 1 is 0.952 bits per heavy atom. The number of hydrogen-bond donors (Lipinski definition) is 2. The summed E-state index contributed by atoms with van der Waals surface area (Å²) in [5, 5.41) is 4.50. The molecule has 4 fully saturated rings. The normalized spacial score (nSPS) is 23.8. The molecule has 2 aromatic carbocycles. The molecule has 4 aromatic rings. The average molecular weight is 581 g/mol. The summed E-state index contributed by atoms with van der Waals surface area (Å²) >= 11 is 0. The third kappa shape index (κ3) is 4.23. The Kier molecular flexibility index (Phi) is 5.95. The number of hydrogen-bond acceptors (Lipinski definition) is 6. The summed E-state index contributed by atoms with van der Waals surface area (Å²) in [7, 11) is 0. The second-order valence-electron chi connectivity index (χ2n) is 12.4. The van der Waals surface area contributed by atoms with Gasteiger partial charge in [-0.1, -0.05) is 6.07 Å². The Bertz CT molecular complexity index is 1660. The molecule has 42 heavy (non-hydrogen) atoms. The molecule has 2 unspecified atom stereocenters. The SMILES string of the molecule is Fc1c(-c2c[nH]c3ccc(C(F)(F)F)cc23)ccc2c(N3CC4CCC(C3)N4)nc(OCC34CCCN3CCC4)nc12. The van der Waals surface area contributed by atoms with E-state index in [1.165, 1.54) is 6.07 Å². The largest absolute Gasteiger partial charge is 0.461 e. The van der Waals surface area contributed by atoms with Crippen LogP contribution < -0.4 is 15.0 Å². The molecule has 0 amide bonds. The molecule has 0 radical (unpaired) electrons. The molecule has 4 saturated heterocycles. The molecular formula is C31H32F4N6O. The lowest BCUT2D eigenvalue weighted by molar-refractivity contribution is -0.137. The number of nitrogens with zero attached hydrogens (tertiary/aromatic N) is 4. The van der Waals surface area contributed by atoms with E-state index in [9.17, 15) is 13.2 Å². The number of alkyl halides is 3. The predicted molar refractivity (Wildman–Crippen MR) is 152 cm³/mol. The molecule has 6 heterocycles. The molecule has 2 bridgehead atoms. The number of ether oxygens (including phenoxy) is 1. The number of piperazine rings is 1. The summed E-state index contributed by atoms with van der Waals surface area (Å²) in [6, 6.07) is 7.72. The van der Waals surface area contributed by atoms with E-state index in [1.54, 1.807) is 18.3 Å². The molecule has 2 aromatic heterocycles. The summed E-state index contributed by atoms with van der Waals surface area (Å²) in [6.45, 7) is 4.09. The van der Waals surface area contributed by atoms with Crippen LogP contribution in [0.25, 0.3) is 32.9 Å². The smallest absolute Gasteiger partial charge is 0.416 e. The zero-order valence-corrected chi connectivity index (χ0v) is 23.1. The first-order valence-corrected chi connectivity index (χ1v) is 14.9. The number of fused-ring (bicyclic) bond motifs is 5. The van der Waals surface area contributed by atoms with Crippen LogP contribution in [0.5, 0.6) is 6.01 Å². The molecule has 220 valence electrons. The van der Waals surface area contributed by atoms with E-state index in [-0.39, 0.29) is 22.6 Å². The van der Waals surface area contributed by atoms with E-state index in [4.69, 9.17) is 9.72 Å². The maximum Gasteiger partial charge on any atom is 0.416 e. The standard InChI is InChI=1S/C31H32F4N6O/c32-26-21(24-14-36-25-8-3-18(13-23(24)25)31(33,34)35)6-7-22-27(26)38-29(42-17-30-9-1-11-41(30)12-2-10-30)39-28(22)40-15-19-4-5-20(16-40)37-19/h3,6-8,13-14,19-20,36-37H,1-2,4-5,9-12,15-17H2. The second kappa shape index (κ2) is 9.54. The molecule has 2 atom stereocenters. The van der Waals surface area contributed by atoms with Crippen molar-refractivity contribution in [1.82, 2.24) is 25.2 Å². The van der Waals surface area contributed by atoms with Gasteiger partial charge in [-0.05, 0) is 75.9 Å². The predicted octanol–water partition coefficient (Wildman–Crippen LogP) is 5.88. The molecule has 7 nitrogen and oxygen atoms in total. The summed E-state index contributed by atoms with van der Waals surface area (Å²) in [6.07, 6.45) is 3.62. The topological polar surface area (TPSA) is 69.3 Å². The van der Waals surface area contributed by atoms with Crippen molar-refractivity contribution in [2.24, 2.45) is 0 Å². The van der Waals surface area contributed by atoms with Crippen molar-refractivity contribution in [3.8, 4) is 17.1 Å². The third-order valence-corrected chi connectivity index (χ3v) is 9.86. The van der Waals surface area contributed by atoms with Crippen LogP contribution in [0.1, 0.15) is 44.1 Å². The first-order chi connectivity index (χ1) is 20.3. The minimum atomic E-state index is -4.50. The van der Waals surface area contributed by atoms with Crippen LogP contribution in [-0.4, -0.2) is 70.3 Å². The van der Waals surface area contributed by atoms with Gasteiger partial charge in [0.15, 0.2) is 5.82 Å². The molecule has 4 aliphatic heterocycles.